The molecule has 0 fully saturated rings. The molecule has 0 amide bonds. The minimum absolute atomic E-state index is 0.200. The molecule has 0 radical (unpaired) electrons. The maximum absolute atomic E-state index is 12.3. The van der Waals surface area contributed by atoms with Crippen LogP contribution in [0.2, 0.25) is 5.02 Å². The molecule has 0 saturated heterocycles. The third-order valence-corrected chi connectivity index (χ3v) is 4.17. The third-order valence-electron chi connectivity index (χ3n) is 2.77. The van der Waals surface area contributed by atoms with Crippen molar-refractivity contribution < 1.29 is 8.63 Å². The molecule has 2 N–H and O–H groups in total. The number of nitrogen functional groups attached to an aromatic ring is 1. The molecule has 1 aromatic heterocycles. The van der Waals surface area contributed by atoms with E-state index in [4.69, 9.17) is 21.8 Å². The van der Waals surface area contributed by atoms with Crippen LogP contribution in [0.3, 0.4) is 0 Å². The van der Waals surface area contributed by atoms with Crippen LogP contribution >= 0.6 is 11.6 Å². The van der Waals surface area contributed by atoms with Crippen LogP contribution in [-0.4, -0.2) is 9.19 Å². The van der Waals surface area contributed by atoms with Gasteiger partial charge in [0.2, 0.25) is 0 Å². The van der Waals surface area contributed by atoms with E-state index in [9.17, 15) is 4.21 Å². The molecule has 0 aliphatic heterocycles. The number of rotatable bonds is 3. The monoisotopic (exact) mass is 306 g/mol. The molecule has 0 spiro atoms. The SMILES string of the molecule is Nc1ccc2nc(S(=O)Cc3cccc(Cl)c3)oc2c1. The number of halogens is 1. The highest BCUT2D eigenvalue weighted by Gasteiger charge is 2.13. The molecular weight excluding hydrogens is 296 g/mol. The van der Waals surface area contributed by atoms with Crippen molar-refractivity contribution in [2.75, 3.05) is 5.73 Å². The zero-order valence-electron chi connectivity index (χ0n) is 10.4. The Morgan fingerprint density at radius 2 is 2.10 bits per heavy atom. The summed E-state index contributed by atoms with van der Waals surface area (Å²) in [5.41, 5.74) is 8.32. The molecule has 0 bridgehead atoms. The van der Waals surface area contributed by atoms with Gasteiger partial charge in [0.1, 0.15) is 16.3 Å². The fourth-order valence-electron chi connectivity index (χ4n) is 1.86. The first kappa shape index (κ1) is 13.1. The zero-order chi connectivity index (χ0) is 14.1. The average molecular weight is 307 g/mol. The maximum Gasteiger partial charge on any atom is 0.288 e. The Labute approximate surface area is 123 Å². The molecule has 1 heterocycles. The van der Waals surface area contributed by atoms with E-state index in [-0.39, 0.29) is 5.22 Å². The Hall–Kier alpha value is -1.85. The van der Waals surface area contributed by atoms with Crippen molar-refractivity contribution >= 4 is 39.2 Å². The van der Waals surface area contributed by atoms with Crippen LogP contribution in [0.5, 0.6) is 0 Å². The minimum atomic E-state index is -1.36. The highest BCUT2D eigenvalue weighted by Crippen LogP contribution is 2.22. The van der Waals surface area contributed by atoms with Crippen LogP contribution in [-0.2, 0) is 16.6 Å². The summed E-state index contributed by atoms with van der Waals surface area (Å²) in [6, 6.07) is 12.4. The second kappa shape index (κ2) is 5.26. The lowest BCUT2D eigenvalue weighted by molar-refractivity contribution is 0.477. The largest absolute Gasteiger partial charge is 0.430 e. The van der Waals surface area contributed by atoms with Gasteiger partial charge in [-0.3, -0.25) is 0 Å². The van der Waals surface area contributed by atoms with Gasteiger partial charge >= 0.3 is 0 Å². The summed E-state index contributed by atoms with van der Waals surface area (Å²) >= 11 is 5.90. The van der Waals surface area contributed by atoms with Crippen molar-refractivity contribution in [1.82, 2.24) is 4.98 Å². The highest BCUT2D eigenvalue weighted by atomic mass is 35.5. The van der Waals surface area contributed by atoms with Crippen molar-refractivity contribution in [1.29, 1.82) is 0 Å². The van der Waals surface area contributed by atoms with Crippen molar-refractivity contribution in [2.24, 2.45) is 0 Å². The van der Waals surface area contributed by atoms with Gasteiger partial charge in [-0.2, -0.15) is 0 Å². The normalized spacial score (nSPS) is 12.7. The smallest absolute Gasteiger partial charge is 0.288 e. The number of hydrogen-bond acceptors (Lipinski definition) is 4. The van der Waals surface area contributed by atoms with Crippen molar-refractivity contribution in [2.45, 2.75) is 11.0 Å². The minimum Gasteiger partial charge on any atom is -0.430 e. The Morgan fingerprint density at radius 1 is 1.25 bits per heavy atom. The van der Waals surface area contributed by atoms with Crippen LogP contribution in [0.25, 0.3) is 11.1 Å². The average Bonchev–Trinajstić information content (AvgIpc) is 2.81. The van der Waals surface area contributed by atoms with E-state index in [1.54, 1.807) is 30.3 Å². The number of fused-ring (bicyclic) bond motifs is 1. The van der Waals surface area contributed by atoms with E-state index >= 15 is 0 Å². The number of oxazole rings is 1. The van der Waals surface area contributed by atoms with Crippen molar-refractivity contribution in [3.63, 3.8) is 0 Å². The lowest BCUT2D eigenvalue weighted by Gasteiger charge is -1.99. The molecule has 6 heteroatoms. The summed E-state index contributed by atoms with van der Waals surface area (Å²) in [5, 5.41) is 0.815. The van der Waals surface area contributed by atoms with E-state index in [2.05, 4.69) is 4.98 Å². The third kappa shape index (κ3) is 2.69. The standard InChI is InChI=1S/C14H11ClN2O2S/c15-10-3-1-2-9(6-10)8-20(18)14-17-12-5-4-11(16)7-13(12)19-14/h1-7H,8,16H2. The van der Waals surface area contributed by atoms with Gasteiger partial charge in [-0.1, -0.05) is 23.7 Å². The molecule has 0 aliphatic carbocycles. The molecule has 3 aromatic rings. The van der Waals surface area contributed by atoms with Gasteiger partial charge in [0, 0.05) is 16.8 Å². The molecule has 102 valence electrons. The van der Waals surface area contributed by atoms with Crippen LogP contribution in [0.15, 0.2) is 52.1 Å². The fraction of sp³-hybridized carbons (Fsp3) is 0.0714. The number of nitrogens with zero attached hydrogens (tertiary/aromatic N) is 1. The van der Waals surface area contributed by atoms with Gasteiger partial charge in [0.05, 0.1) is 5.75 Å². The first-order valence-corrected chi connectivity index (χ1v) is 7.60. The molecule has 2 aromatic carbocycles. The summed E-state index contributed by atoms with van der Waals surface area (Å²) in [7, 11) is -1.36. The Morgan fingerprint density at radius 3 is 2.90 bits per heavy atom. The molecule has 20 heavy (non-hydrogen) atoms. The summed E-state index contributed by atoms with van der Waals surface area (Å²) in [5.74, 6) is 0.308. The highest BCUT2D eigenvalue weighted by molar-refractivity contribution is 7.84. The summed E-state index contributed by atoms with van der Waals surface area (Å²) in [6.07, 6.45) is 0. The van der Waals surface area contributed by atoms with Crippen LogP contribution < -0.4 is 5.73 Å². The van der Waals surface area contributed by atoms with Crippen molar-refractivity contribution in [3.05, 3.63) is 53.1 Å². The second-order valence-electron chi connectivity index (χ2n) is 4.33. The van der Waals surface area contributed by atoms with Gasteiger partial charge in [0.15, 0.2) is 5.58 Å². The number of hydrogen-bond donors (Lipinski definition) is 1. The second-order valence-corrected chi connectivity index (χ2v) is 6.09. The first-order valence-electron chi connectivity index (χ1n) is 5.91. The van der Waals surface area contributed by atoms with E-state index in [0.717, 1.165) is 5.56 Å². The Balaban J connectivity index is 1.88. The molecule has 1 atom stereocenters. The predicted molar refractivity (Wildman–Crippen MR) is 80.0 cm³/mol. The maximum atomic E-state index is 12.3. The fourth-order valence-corrected chi connectivity index (χ4v) is 3.06. The number of benzene rings is 2. The molecule has 1 unspecified atom stereocenters. The number of anilines is 1. The summed E-state index contributed by atoms with van der Waals surface area (Å²) in [6.45, 7) is 0. The van der Waals surface area contributed by atoms with E-state index in [1.807, 2.05) is 12.1 Å². The molecule has 0 aliphatic rings. The predicted octanol–water partition coefficient (Wildman–Crippen LogP) is 3.37. The zero-order valence-corrected chi connectivity index (χ0v) is 11.9. The molecular formula is C14H11ClN2O2S. The molecule has 0 saturated carbocycles. The number of aromatic nitrogens is 1. The Kier molecular flexibility index (Phi) is 3.46. The topological polar surface area (TPSA) is 69.1 Å². The summed E-state index contributed by atoms with van der Waals surface area (Å²) < 4.78 is 17.7. The van der Waals surface area contributed by atoms with Gasteiger partial charge in [-0.05, 0) is 29.8 Å². The van der Waals surface area contributed by atoms with E-state index < -0.39 is 10.8 Å². The van der Waals surface area contributed by atoms with Gasteiger partial charge in [-0.15, -0.1) is 0 Å². The Bertz CT molecular complexity index is 801. The van der Waals surface area contributed by atoms with Crippen molar-refractivity contribution in [3.8, 4) is 0 Å². The van der Waals surface area contributed by atoms with E-state index in [0.29, 0.717) is 27.6 Å². The molecule has 3 rings (SSSR count). The quantitative estimate of drug-likeness (QED) is 0.753. The lowest BCUT2D eigenvalue weighted by atomic mass is 10.2. The first-order chi connectivity index (χ1) is 9.61. The van der Waals surface area contributed by atoms with Crippen LogP contribution in [0.1, 0.15) is 5.56 Å². The van der Waals surface area contributed by atoms with Crippen LogP contribution in [0.4, 0.5) is 5.69 Å². The van der Waals surface area contributed by atoms with Gasteiger partial charge in [-0.25, -0.2) is 9.19 Å². The summed E-state index contributed by atoms with van der Waals surface area (Å²) in [4.78, 5) is 4.22. The van der Waals surface area contributed by atoms with E-state index in [1.165, 1.54) is 0 Å². The number of nitrogens with two attached hydrogens (primary N) is 1. The lowest BCUT2D eigenvalue weighted by Crippen LogP contribution is -1.96. The van der Waals surface area contributed by atoms with Gasteiger partial charge in [0.25, 0.3) is 5.22 Å². The van der Waals surface area contributed by atoms with Crippen LogP contribution in [0, 0.1) is 0 Å². The van der Waals surface area contributed by atoms with Gasteiger partial charge < -0.3 is 10.2 Å². The molecule has 4 nitrogen and oxygen atoms in total.